The van der Waals surface area contributed by atoms with Crippen molar-refractivity contribution in [2.75, 3.05) is 26.9 Å². The number of methoxy groups -OCH3 is 1. The fourth-order valence-electron chi connectivity index (χ4n) is 4.14. The number of halogens is 1. The van der Waals surface area contributed by atoms with Crippen LogP contribution >= 0.6 is 22.9 Å². The van der Waals surface area contributed by atoms with Gasteiger partial charge in [0.05, 0.1) is 29.0 Å². The van der Waals surface area contributed by atoms with Crippen molar-refractivity contribution in [3.05, 3.63) is 89.6 Å². The predicted molar refractivity (Wildman–Crippen MR) is 147 cm³/mol. The van der Waals surface area contributed by atoms with Gasteiger partial charge in [-0.15, -0.1) is 0 Å². The van der Waals surface area contributed by atoms with Gasteiger partial charge < -0.3 is 18.9 Å². The molecule has 3 aromatic rings. The highest BCUT2D eigenvalue weighted by Gasteiger charge is 2.34. The van der Waals surface area contributed by atoms with E-state index in [1.807, 2.05) is 6.92 Å². The first-order chi connectivity index (χ1) is 18.7. The number of rotatable bonds is 9. The van der Waals surface area contributed by atoms with Crippen molar-refractivity contribution in [2.45, 2.75) is 26.8 Å². The topological polar surface area (TPSA) is 105 Å². The van der Waals surface area contributed by atoms with Crippen LogP contribution in [0, 0.1) is 0 Å². The molecule has 1 aliphatic heterocycles. The van der Waals surface area contributed by atoms with Crippen LogP contribution in [-0.4, -0.2) is 43.4 Å². The van der Waals surface area contributed by atoms with Crippen molar-refractivity contribution in [3.63, 3.8) is 0 Å². The number of hydrogen-bond donors (Lipinski definition) is 0. The van der Waals surface area contributed by atoms with Crippen molar-refractivity contribution < 1.29 is 28.5 Å². The number of esters is 2. The number of benzene rings is 2. The molecule has 0 N–H and O–H groups in total. The van der Waals surface area contributed by atoms with E-state index in [0.717, 1.165) is 0 Å². The Bertz CT molecular complexity index is 1620. The smallest absolute Gasteiger partial charge is 0.338 e. The number of hydrogen-bond acceptors (Lipinski definition) is 9. The number of allylic oxidation sites excluding steroid dienone is 1. The van der Waals surface area contributed by atoms with E-state index in [2.05, 4.69) is 4.99 Å². The van der Waals surface area contributed by atoms with Crippen LogP contribution in [0.5, 0.6) is 11.5 Å². The molecule has 11 heteroatoms. The van der Waals surface area contributed by atoms with E-state index in [4.69, 9.17) is 30.5 Å². The van der Waals surface area contributed by atoms with Crippen LogP contribution in [0.25, 0.3) is 6.08 Å². The van der Waals surface area contributed by atoms with Gasteiger partial charge in [-0.1, -0.05) is 47.2 Å². The molecule has 39 heavy (non-hydrogen) atoms. The highest BCUT2D eigenvalue weighted by atomic mass is 35.5. The number of fused-ring (bicyclic) bond motifs is 1. The lowest BCUT2D eigenvalue weighted by Gasteiger charge is -2.25. The first-order valence-corrected chi connectivity index (χ1v) is 13.3. The molecule has 204 valence electrons. The second kappa shape index (κ2) is 12.4. The summed E-state index contributed by atoms with van der Waals surface area (Å²) in [7, 11) is 1.51. The number of thiazole rings is 1. The van der Waals surface area contributed by atoms with E-state index in [0.29, 0.717) is 43.5 Å². The van der Waals surface area contributed by atoms with Gasteiger partial charge >= 0.3 is 11.9 Å². The summed E-state index contributed by atoms with van der Waals surface area (Å²) >= 11 is 7.75. The number of carbonyl (C=O) groups is 2. The Balaban J connectivity index is 1.86. The summed E-state index contributed by atoms with van der Waals surface area (Å²) in [5.41, 5.74) is 1.54. The van der Waals surface area contributed by atoms with Gasteiger partial charge in [0.2, 0.25) is 0 Å². The molecule has 0 spiro atoms. The van der Waals surface area contributed by atoms with Gasteiger partial charge in [-0.2, -0.15) is 0 Å². The SMILES string of the molecule is CCOc1cc(/C=c2\sc3n(c2=O)[C@H](c2ccccc2Cl)C(C(=O)OCCOC)=C(C)N=3)ccc1OC(C)=O. The Kier molecular flexibility index (Phi) is 9.01. The molecule has 4 rings (SSSR count). The third-order valence-electron chi connectivity index (χ3n) is 5.78. The summed E-state index contributed by atoms with van der Waals surface area (Å²) in [4.78, 5) is 43.5. The van der Waals surface area contributed by atoms with Crippen LogP contribution in [0.3, 0.4) is 0 Å². The quantitative estimate of drug-likeness (QED) is 0.220. The maximum Gasteiger partial charge on any atom is 0.338 e. The predicted octanol–water partition coefficient (Wildman–Crippen LogP) is 3.40. The lowest BCUT2D eigenvalue weighted by Crippen LogP contribution is -2.40. The van der Waals surface area contributed by atoms with Crippen LogP contribution in [0.1, 0.15) is 37.9 Å². The van der Waals surface area contributed by atoms with E-state index < -0.39 is 18.0 Å². The Hall–Kier alpha value is -3.73. The molecule has 0 aliphatic carbocycles. The molecule has 0 saturated heterocycles. The lowest BCUT2D eigenvalue weighted by atomic mass is 9.96. The zero-order valence-corrected chi connectivity index (χ0v) is 23.4. The average molecular weight is 571 g/mol. The highest BCUT2D eigenvalue weighted by Crippen LogP contribution is 2.34. The molecule has 0 saturated carbocycles. The normalized spacial score (nSPS) is 15.0. The molecule has 0 amide bonds. The van der Waals surface area contributed by atoms with E-state index >= 15 is 0 Å². The van der Waals surface area contributed by atoms with Crippen molar-refractivity contribution >= 4 is 41.0 Å². The van der Waals surface area contributed by atoms with E-state index in [1.54, 1.807) is 55.5 Å². The number of nitrogens with zero attached hydrogens (tertiary/aromatic N) is 2. The summed E-state index contributed by atoms with van der Waals surface area (Å²) in [5.74, 6) is -0.410. The van der Waals surface area contributed by atoms with Gasteiger partial charge in [-0.3, -0.25) is 14.2 Å². The zero-order valence-electron chi connectivity index (χ0n) is 21.9. The van der Waals surface area contributed by atoms with Gasteiger partial charge in [0.1, 0.15) is 12.6 Å². The maximum absolute atomic E-state index is 13.8. The molecule has 9 nitrogen and oxygen atoms in total. The second-order valence-corrected chi connectivity index (χ2v) is 9.88. The molecular weight excluding hydrogens is 544 g/mol. The highest BCUT2D eigenvalue weighted by molar-refractivity contribution is 7.07. The van der Waals surface area contributed by atoms with Crippen LogP contribution in [0.15, 0.2) is 63.5 Å². The fraction of sp³-hybridized carbons (Fsp3) is 0.286. The minimum absolute atomic E-state index is 0.0529. The first-order valence-electron chi connectivity index (χ1n) is 12.1. The molecule has 0 radical (unpaired) electrons. The largest absolute Gasteiger partial charge is 0.490 e. The summed E-state index contributed by atoms with van der Waals surface area (Å²) in [6.45, 7) is 5.48. The van der Waals surface area contributed by atoms with E-state index in [-0.39, 0.29) is 30.1 Å². The Morgan fingerprint density at radius 3 is 2.62 bits per heavy atom. The Morgan fingerprint density at radius 1 is 1.15 bits per heavy atom. The minimum atomic E-state index is -0.836. The van der Waals surface area contributed by atoms with Crippen molar-refractivity contribution in [2.24, 2.45) is 4.99 Å². The number of aromatic nitrogens is 1. The van der Waals surface area contributed by atoms with E-state index in [1.165, 1.54) is 29.9 Å². The van der Waals surface area contributed by atoms with Gasteiger partial charge in [-0.05, 0) is 49.2 Å². The molecule has 1 aromatic heterocycles. The summed E-state index contributed by atoms with van der Waals surface area (Å²) in [5, 5.41) is 0.399. The molecular formula is C28H27ClN2O7S. The Morgan fingerprint density at radius 2 is 1.92 bits per heavy atom. The molecule has 0 bridgehead atoms. The van der Waals surface area contributed by atoms with Gasteiger partial charge in [0.15, 0.2) is 16.3 Å². The first kappa shape index (κ1) is 28.3. The van der Waals surface area contributed by atoms with Crippen LogP contribution in [-0.2, 0) is 19.1 Å². The zero-order chi connectivity index (χ0) is 28.1. The molecule has 2 heterocycles. The third kappa shape index (κ3) is 6.13. The summed E-state index contributed by atoms with van der Waals surface area (Å²) < 4.78 is 23.1. The molecule has 0 unspecified atom stereocenters. The van der Waals surface area contributed by atoms with Crippen LogP contribution in [0.4, 0.5) is 0 Å². The fourth-order valence-corrected chi connectivity index (χ4v) is 5.43. The molecule has 1 aliphatic rings. The van der Waals surface area contributed by atoms with Gasteiger partial charge in [-0.25, -0.2) is 9.79 Å². The summed E-state index contributed by atoms with van der Waals surface area (Å²) in [6.07, 6.45) is 1.70. The number of carbonyl (C=O) groups excluding carboxylic acids is 2. The molecule has 0 fully saturated rings. The van der Waals surface area contributed by atoms with Crippen molar-refractivity contribution in [1.29, 1.82) is 0 Å². The maximum atomic E-state index is 13.8. The van der Waals surface area contributed by atoms with Crippen molar-refractivity contribution in [3.8, 4) is 11.5 Å². The average Bonchev–Trinajstić information content (AvgIpc) is 3.19. The Labute approximate surface area is 233 Å². The van der Waals surface area contributed by atoms with Gasteiger partial charge in [0.25, 0.3) is 5.56 Å². The van der Waals surface area contributed by atoms with E-state index in [9.17, 15) is 14.4 Å². The third-order valence-corrected chi connectivity index (χ3v) is 7.11. The van der Waals surface area contributed by atoms with Crippen molar-refractivity contribution in [1.82, 2.24) is 4.57 Å². The lowest BCUT2D eigenvalue weighted by molar-refractivity contribution is -0.140. The standard InChI is InChI=1S/C28H27ClN2O7S/c1-5-36-22-14-18(10-11-21(22)38-17(3)32)15-23-26(33)31-25(19-8-6-7-9-20(19)29)24(16(2)30-28(31)39-23)27(34)37-13-12-35-4/h6-11,14-15,25H,5,12-13H2,1-4H3/b23-15-/t25-/m1/s1. The summed E-state index contributed by atoms with van der Waals surface area (Å²) in [6, 6.07) is 11.2. The van der Waals surface area contributed by atoms with Gasteiger partial charge in [0, 0.05) is 19.1 Å². The monoisotopic (exact) mass is 570 g/mol. The molecule has 2 aromatic carbocycles. The van der Waals surface area contributed by atoms with Crippen LogP contribution in [0.2, 0.25) is 5.02 Å². The van der Waals surface area contributed by atoms with Crippen LogP contribution < -0.4 is 24.4 Å². The minimum Gasteiger partial charge on any atom is -0.490 e. The number of ether oxygens (including phenoxy) is 4. The second-order valence-electron chi connectivity index (χ2n) is 8.46. The molecule has 1 atom stereocenters.